The molecule has 0 saturated carbocycles. The van der Waals surface area contributed by atoms with Crippen LogP contribution < -0.4 is 0 Å². The van der Waals surface area contributed by atoms with Gasteiger partial charge >= 0.3 is 57.0 Å². The summed E-state index contributed by atoms with van der Waals surface area (Å²) in [6.45, 7) is -0.327. The van der Waals surface area contributed by atoms with Crippen molar-refractivity contribution < 1.29 is 87.5 Å². The summed E-state index contributed by atoms with van der Waals surface area (Å²) in [6, 6.07) is 0. The average molecular weight is 601 g/mol. The van der Waals surface area contributed by atoms with Gasteiger partial charge in [-0.2, -0.15) is 74.6 Å². The predicted octanol–water partition coefficient (Wildman–Crippen LogP) is 7.05. The Labute approximate surface area is 189 Å². The van der Waals surface area contributed by atoms with Gasteiger partial charge in [0.15, 0.2) is 0 Å². The van der Waals surface area contributed by atoms with Gasteiger partial charge in [-0.25, -0.2) is 8.42 Å². The molecule has 0 aliphatic carbocycles. The highest BCUT2D eigenvalue weighted by molar-refractivity contribution is 7.90. The quantitative estimate of drug-likeness (QED) is 0.129. The second-order valence-corrected chi connectivity index (χ2v) is 8.90. The van der Waals surface area contributed by atoms with Crippen molar-refractivity contribution in [3.8, 4) is 0 Å². The maximum absolute atomic E-state index is 13.7. The van der Waals surface area contributed by atoms with E-state index in [2.05, 4.69) is 0 Å². The third-order valence-electron chi connectivity index (χ3n) is 4.47. The summed E-state index contributed by atoms with van der Waals surface area (Å²) in [4.78, 5) is 0. The van der Waals surface area contributed by atoms with Gasteiger partial charge in [-0.1, -0.05) is 26.2 Å². The predicted molar refractivity (Wildman–Crippen MR) is 81.6 cm³/mol. The first-order valence-electron chi connectivity index (χ1n) is 8.88. The molecule has 0 rings (SSSR count). The first-order valence-corrected chi connectivity index (χ1v) is 10.3. The van der Waals surface area contributed by atoms with Crippen molar-refractivity contribution in [2.24, 2.45) is 0 Å². The summed E-state index contributed by atoms with van der Waals surface area (Å²) in [5, 5.41) is -7.87. The van der Waals surface area contributed by atoms with Crippen LogP contribution in [-0.2, 0) is 10.0 Å². The second-order valence-electron chi connectivity index (χ2n) is 7.04. The van der Waals surface area contributed by atoms with E-state index in [1.807, 2.05) is 0 Å². The van der Waals surface area contributed by atoms with Crippen LogP contribution in [0.5, 0.6) is 0 Å². The number of alkyl halides is 17. The summed E-state index contributed by atoms with van der Waals surface area (Å²) in [5.74, 6) is -52.2. The Balaban J connectivity index is 6.69. The van der Waals surface area contributed by atoms with Crippen LogP contribution in [0, 0.1) is 0 Å². The molecule has 0 aliphatic heterocycles. The van der Waals surface area contributed by atoms with Crippen LogP contribution in [0.1, 0.15) is 32.6 Å². The van der Waals surface area contributed by atoms with Crippen LogP contribution in [0.2, 0.25) is 0 Å². The monoisotopic (exact) mass is 601 g/mol. The van der Waals surface area contributed by atoms with Gasteiger partial charge in [-0.15, -0.1) is 4.48 Å². The number of unbranched alkanes of at least 4 members (excludes halogenated alkanes) is 3. The molecule has 0 aliphatic rings. The molecular weight excluding hydrogens is 588 g/mol. The molecule has 0 atom stereocenters. The van der Waals surface area contributed by atoms with E-state index < -0.39 is 74.5 Å². The molecule has 3 nitrogen and oxygen atoms in total. The van der Waals surface area contributed by atoms with Crippen LogP contribution in [0.3, 0.4) is 0 Å². The molecule has 0 radical (unpaired) electrons. The third-order valence-corrected chi connectivity index (χ3v) is 6.07. The molecule has 218 valence electrons. The zero-order valence-electron chi connectivity index (χ0n) is 17.0. The van der Waals surface area contributed by atoms with Crippen LogP contribution in [0.4, 0.5) is 79.1 Å². The fourth-order valence-corrected chi connectivity index (χ4v) is 3.29. The van der Waals surface area contributed by atoms with Crippen molar-refractivity contribution in [3.05, 3.63) is 0 Å². The van der Waals surface area contributed by atoms with E-state index >= 15 is 0 Å². The molecule has 0 spiro atoms. The smallest absolute Gasteiger partial charge is 0.203 e. The SMILES string of the molecule is CCCCCCN(F)S(=O)(=O)C(F)(F)C(F)(F)C(F)(F)C(F)(F)C(F)(F)C(F)(F)C(F)(F)C(F)(F)F. The van der Waals surface area contributed by atoms with E-state index in [4.69, 9.17) is 0 Å². The molecule has 0 bridgehead atoms. The molecule has 22 heteroatoms. The van der Waals surface area contributed by atoms with Crippen molar-refractivity contribution in [2.75, 3.05) is 6.54 Å². The minimum Gasteiger partial charge on any atom is -0.203 e. The molecule has 0 N–H and O–H groups in total. The normalized spacial score (nSPS) is 16.1. The third kappa shape index (κ3) is 4.79. The largest absolute Gasteiger partial charge is 0.460 e. The molecule has 0 amide bonds. The molecule has 0 saturated heterocycles. The van der Waals surface area contributed by atoms with Crippen molar-refractivity contribution in [2.45, 2.75) is 79.6 Å². The average Bonchev–Trinajstić information content (AvgIpc) is 2.68. The minimum atomic E-state index is -8.94. The van der Waals surface area contributed by atoms with Crippen LogP contribution in [-0.4, -0.2) is 66.5 Å². The van der Waals surface area contributed by atoms with Crippen LogP contribution >= 0.6 is 0 Å². The van der Waals surface area contributed by atoms with E-state index in [-0.39, 0.29) is 12.8 Å². The summed E-state index contributed by atoms with van der Waals surface area (Å²) in [7, 11) is -7.85. The summed E-state index contributed by atoms with van der Waals surface area (Å²) < 4.78 is 257. The van der Waals surface area contributed by atoms with E-state index in [1.54, 1.807) is 0 Å². The first kappa shape index (κ1) is 34.6. The number of hydrogen-bond acceptors (Lipinski definition) is 2. The Hall–Kier alpha value is -1.35. The fourth-order valence-electron chi connectivity index (χ4n) is 2.22. The number of rotatable bonds is 13. The zero-order valence-corrected chi connectivity index (χ0v) is 17.8. The standard InChI is InChI=1S/C14H13F18NO2S/c1-2-3-4-5-6-33(32)36(34,35)14(30,31)12(25,26)10(21,22)8(17,18)7(15,16)9(19,20)11(23,24)13(27,28)29/h2-6H2,1H3. The maximum Gasteiger partial charge on any atom is 0.460 e. The second kappa shape index (κ2) is 9.75. The highest BCUT2D eigenvalue weighted by Crippen LogP contribution is 2.64. The van der Waals surface area contributed by atoms with Gasteiger partial charge in [0.2, 0.25) is 0 Å². The molecule has 0 aromatic heterocycles. The van der Waals surface area contributed by atoms with Crippen LogP contribution in [0.25, 0.3) is 0 Å². The Morgan fingerprint density at radius 1 is 0.528 bits per heavy atom. The lowest BCUT2D eigenvalue weighted by Crippen LogP contribution is -2.75. The molecule has 36 heavy (non-hydrogen) atoms. The van der Waals surface area contributed by atoms with Crippen molar-refractivity contribution in [1.29, 1.82) is 0 Å². The van der Waals surface area contributed by atoms with Gasteiger partial charge in [-0.05, 0) is 10.9 Å². The Bertz CT molecular complexity index is 866. The van der Waals surface area contributed by atoms with Gasteiger partial charge in [0.05, 0.1) is 0 Å². The Morgan fingerprint density at radius 3 is 1.19 bits per heavy atom. The number of sulfonamides is 1. The van der Waals surface area contributed by atoms with Gasteiger partial charge in [-0.3, -0.25) is 0 Å². The topological polar surface area (TPSA) is 37.4 Å². The highest BCUT2D eigenvalue weighted by Gasteiger charge is 2.96. The maximum atomic E-state index is 13.7. The van der Waals surface area contributed by atoms with Gasteiger partial charge in [0.25, 0.3) is 0 Å². The number of nitrogens with zero attached hydrogens (tertiary/aromatic N) is 1. The van der Waals surface area contributed by atoms with Crippen molar-refractivity contribution in [1.82, 2.24) is 4.53 Å². The van der Waals surface area contributed by atoms with Gasteiger partial charge in [0.1, 0.15) is 0 Å². The molecule has 0 unspecified atom stereocenters. The lowest BCUT2D eigenvalue weighted by molar-refractivity contribution is -0.458. The van der Waals surface area contributed by atoms with Gasteiger partial charge in [0, 0.05) is 6.54 Å². The Morgan fingerprint density at radius 2 is 0.861 bits per heavy atom. The number of halogens is 18. The summed E-state index contributed by atoms with van der Waals surface area (Å²) >= 11 is 0. The van der Waals surface area contributed by atoms with Gasteiger partial charge < -0.3 is 0 Å². The summed E-state index contributed by atoms with van der Waals surface area (Å²) in [6.07, 6.45) is -8.45. The summed E-state index contributed by atoms with van der Waals surface area (Å²) in [5.41, 5.74) is 0. The Kier molecular flexibility index (Phi) is 9.39. The highest BCUT2D eigenvalue weighted by atomic mass is 32.2. The molecule has 0 aromatic carbocycles. The lowest BCUT2D eigenvalue weighted by Gasteiger charge is -2.42. The number of hydrogen-bond donors (Lipinski definition) is 0. The lowest BCUT2D eigenvalue weighted by atomic mass is 9.91. The van der Waals surface area contributed by atoms with Crippen molar-refractivity contribution in [3.63, 3.8) is 0 Å². The molecule has 0 heterocycles. The van der Waals surface area contributed by atoms with E-state index in [0.717, 1.165) is 0 Å². The molecule has 0 fully saturated rings. The van der Waals surface area contributed by atoms with Crippen LogP contribution in [0.15, 0.2) is 0 Å². The van der Waals surface area contributed by atoms with E-state index in [9.17, 15) is 87.5 Å². The minimum absolute atomic E-state index is 0.136. The van der Waals surface area contributed by atoms with E-state index in [0.29, 0.717) is 6.42 Å². The first-order chi connectivity index (χ1) is 15.5. The van der Waals surface area contributed by atoms with E-state index in [1.165, 1.54) is 6.92 Å². The molecular formula is C14H13F18NO2S. The molecule has 0 aromatic rings. The van der Waals surface area contributed by atoms with Crippen molar-refractivity contribution >= 4 is 10.0 Å². The fraction of sp³-hybridized carbons (Fsp3) is 1.00. The zero-order chi connectivity index (χ0) is 29.6.